The summed E-state index contributed by atoms with van der Waals surface area (Å²) in [5.41, 5.74) is 0. The van der Waals surface area contributed by atoms with E-state index in [1.807, 2.05) is 0 Å². The third-order valence-electron chi connectivity index (χ3n) is 0.282. The summed E-state index contributed by atoms with van der Waals surface area (Å²) in [5, 5.41) is 7.63. The minimum absolute atomic E-state index is 0. The number of hydrogen-bond acceptors (Lipinski definition) is 4. The van der Waals surface area contributed by atoms with E-state index in [-0.39, 0.29) is 31.0 Å². The Morgan fingerprint density at radius 3 is 2.00 bits per heavy atom. The Balaban J connectivity index is -0.000000180. The van der Waals surface area contributed by atoms with Gasteiger partial charge in [0.25, 0.3) is 0 Å². The molecule has 3 N–H and O–H groups in total. The molecule has 0 saturated carbocycles. The van der Waals surface area contributed by atoms with E-state index in [9.17, 15) is 9.59 Å². The van der Waals surface area contributed by atoms with Crippen LogP contribution >= 0.6 is 0 Å². The molecule has 0 amide bonds. The Morgan fingerprint density at radius 2 is 2.00 bits per heavy atom. The summed E-state index contributed by atoms with van der Waals surface area (Å²) < 4.78 is 0. The molecule has 0 unspecified atom stereocenters. The second-order valence-electron chi connectivity index (χ2n) is 0.710. The minimum Gasteiger partial charge on any atom is -1.00 e. The number of hydrogen-bond donors (Lipinski definition) is 2. The van der Waals surface area contributed by atoms with Crippen LogP contribution in [0.25, 0.3) is 0 Å². The normalized spacial score (nSPS) is 6.62. The van der Waals surface area contributed by atoms with Gasteiger partial charge in [-0.1, -0.05) is 0 Å². The van der Waals surface area contributed by atoms with Crippen molar-refractivity contribution in [3.8, 4) is 0 Å². The third-order valence-corrected chi connectivity index (χ3v) is 0.282. The molecule has 0 aromatic rings. The maximum atomic E-state index is 9.56. The Kier molecular flexibility index (Phi) is 6.81. The molecule has 0 heterocycles. The first kappa shape index (κ1) is 10.8. The van der Waals surface area contributed by atoms with Crippen LogP contribution in [0.1, 0.15) is 1.43 Å². The van der Waals surface area contributed by atoms with Crippen LogP contribution in [0, 0.1) is 0 Å². The summed E-state index contributed by atoms with van der Waals surface area (Å²) in [6, 6.07) is 0. The summed E-state index contributed by atoms with van der Waals surface area (Å²) >= 11 is 0. The average molecular weight is 129 g/mol. The first-order valence-electron chi connectivity index (χ1n) is 1.32. The van der Waals surface area contributed by atoms with Gasteiger partial charge in [-0.3, -0.25) is 0 Å². The van der Waals surface area contributed by atoms with Crippen LogP contribution in [0.15, 0.2) is 0 Å². The fraction of sp³-hybridized carbons (Fsp3) is 0. The predicted molar refractivity (Wildman–Crippen MR) is 19.0 cm³/mol. The Bertz CT molecular complexity index is 107. The number of aliphatic carboxylic acids is 1. The molecule has 8 heavy (non-hydrogen) atoms. The van der Waals surface area contributed by atoms with Crippen LogP contribution in [0.2, 0.25) is 0 Å². The number of nitrogens with two attached hydrogens (primary N) is 1. The number of carboxylic acid groups (broad SMARTS) is 1. The largest absolute Gasteiger partial charge is 1.00 e. The van der Waals surface area contributed by atoms with Gasteiger partial charge in [-0.25, -0.2) is 9.59 Å². The molecular weight excluding hydrogens is 125 g/mol. The first-order valence-corrected chi connectivity index (χ1v) is 1.32. The van der Waals surface area contributed by atoms with Crippen LogP contribution < -0.4 is 35.5 Å². The fourth-order valence-corrected chi connectivity index (χ4v) is 0.0504. The molecular formula is C2H4NNaO4. The molecule has 5 nitrogen and oxygen atoms in total. The Morgan fingerprint density at radius 1 is 1.62 bits per heavy atom. The van der Waals surface area contributed by atoms with E-state index in [1.165, 1.54) is 0 Å². The molecule has 0 rings (SSSR count). The van der Waals surface area contributed by atoms with E-state index in [2.05, 4.69) is 10.7 Å². The van der Waals surface area contributed by atoms with Crippen molar-refractivity contribution in [2.75, 3.05) is 0 Å². The maximum absolute atomic E-state index is 9.56. The summed E-state index contributed by atoms with van der Waals surface area (Å²) in [7, 11) is 0. The molecule has 0 saturated heterocycles. The second kappa shape index (κ2) is 5.04. The predicted octanol–water partition coefficient (Wildman–Crippen LogP) is -4.40. The molecule has 0 fully saturated rings. The molecule has 0 aliphatic carbocycles. The quantitative estimate of drug-likeness (QED) is 0.196. The van der Waals surface area contributed by atoms with Crippen LogP contribution in [0.5, 0.6) is 0 Å². The zero-order chi connectivity index (χ0) is 5.86. The fourth-order valence-electron chi connectivity index (χ4n) is 0.0504. The monoisotopic (exact) mass is 129 g/mol. The van der Waals surface area contributed by atoms with Gasteiger partial charge in [-0.15, -0.1) is 0 Å². The van der Waals surface area contributed by atoms with Gasteiger partial charge in [0.05, 0.1) is 0 Å². The van der Waals surface area contributed by atoms with E-state index in [0.29, 0.717) is 0 Å². The third kappa shape index (κ3) is 4.07. The summed E-state index contributed by atoms with van der Waals surface area (Å²) in [4.78, 5) is 22.2. The van der Waals surface area contributed by atoms with Gasteiger partial charge < -0.3 is 11.4 Å². The maximum Gasteiger partial charge on any atom is 1.00 e. The standard InChI is InChI=1S/C2H3NO4.Na.H/c3-7-2(6)1(4)5;;/h3H2,(H,4,5);;/q;+1;-1. The topological polar surface area (TPSA) is 89.6 Å². The molecule has 6 heteroatoms. The van der Waals surface area contributed by atoms with Crippen molar-refractivity contribution in [3.63, 3.8) is 0 Å². The van der Waals surface area contributed by atoms with Gasteiger partial charge in [0.1, 0.15) is 0 Å². The van der Waals surface area contributed by atoms with Crippen LogP contribution in [-0.4, -0.2) is 17.0 Å². The number of carboxylic acids is 1. The number of rotatable bonds is 0. The van der Waals surface area contributed by atoms with Crippen LogP contribution in [-0.2, 0) is 14.4 Å². The molecule has 0 aromatic heterocycles. The average Bonchev–Trinajstić information content (AvgIpc) is 1.65. The molecule has 0 atom stereocenters. The van der Waals surface area contributed by atoms with Crippen molar-refractivity contribution in [2.24, 2.45) is 5.90 Å². The molecule has 0 spiro atoms. The summed E-state index contributed by atoms with van der Waals surface area (Å²) in [5.74, 6) is 0.992. The van der Waals surface area contributed by atoms with Gasteiger partial charge in [0, 0.05) is 0 Å². The van der Waals surface area contributed by atoms with Gasteiger partial charge in [0.2, 0.25) is 0 Å². The van der Waals surface area contributed by atoms with Crippen molar-refractivity contribution in [1.29, 1.82) is 0 Å². The van der Waals surface area contributed by atoms with E-state index < -0.39 is 11.9 Å². The zero-order valence-corrected chi connectivity index (χ0v) is 6.25. The Hall–Kier alpha value is -0.100. The van der Waals surface area contributed by atoms with Crippen LogP contribution in [0.3, 0.4) is 0 Å². The van der Waals surface area contributed by atoms with Crippen molar-refractivity contribution in [2.45, 2.75) is 0 Å². The number of carbonyl (C=O) groups is 2. The molecule has 0 radical (unpaired) electrons. The van der Waals surface area contributed by atoms with E-state index >= 15 is 0 Å². The molecule has 42 valence electrons. The van der Waals surface area contributed by atoms with Crippen LogP contribution in [0.4, 0.5) is 0 Å². The van der Waals surface area contributed by atoms with Crippen molar-refractivity contribution in [3.05, 3.63) is 0 Å². The zero-order valence-electron chi connectivity index (χ0n) is 5.25. The van der Waals surface area contributed by atoms with Gasteiger partial charge >= 0.3 is 41.5 Å². The first-order chi connectivity index (χ1) is 3.18. The van der Waals surface area contributed by atoms with E-state index in [4.69, 9.17) is 5.11 Å². The number of carbonyl (C=O) groups excluding carboxylic acids is 1. The molecule has 0 aliphatic rings. The SMILES string of the molecule is NOC(=O)C(=O)O.[H-].[Na+]. The Labute approximate surface area is 68.5 Å². The molecule has 0 aliphatic heterocycles. The molecule has 0 aromatic carbocycles. The van der Waals surface area contributed by atoms with Gasteiger partial charge in [0.15, 0.2) is 0 Å². The summed E-state index contributed by atoms with van der Waals surface area (Å²) in [6.45, 7) is 0. The van der Waals surface area contributed by atoms with Crippen molar-refractivity contribution in [1.82, 2.24) is 0 Å². The smallest absolute Gasteiger partial charge is 1.00 e. The van der Waals surface area contributed by atoms with E-state index in [0.717, 1.165) is 0 Å². The molecule has 0 bridgehead atoms. The van der Waals surface area contributed by atoms with Crippen molar-refractivity contribution < 1.29 is 50.5 Å². The second-order valence-corrected chi connectivity index (χ2v) is 0.710. The minimum atomic E-state index is -1.69. The van der Waals surface area contributed by atoms with Gasteiger partial charge in [-0.05, 0) is 0 Å². The summed E-state index contributed by atoms with van der Waals surface area (Å²) in [6.07, 6.45) is 0. The van der Waals surface area contributed by atoms with Gasteiger partial charge in [-0.2, -0.15) is 5.90 Å². The van der Waals surface area contributed by atoms with Crippen molar-refractivity contribution >= 4 is 11.9 Å². The van der Waals surface area contributed by atoms with E-state index in [1.54, 1.807) is 0 Å².